The van der Waals surface area contributed by atoms with Crippen LogP contribution < -0.4 is 9.47 Å². The van der Waals surface area contributed by atoms with Crippen molar-refractivity contribution in [2.75, 3.05) is 40.5 Å². The monoisotopic (exact) mass is 384 g/mol. The van der Waals surface area contributed by atoms with E-state index >= 15 is 0 Å². The number of ether oxygens (including phenoxy) is 2. The van der Waals surface area contributed by atoms with Crippen LogP contribution in [-0.2, 0) is 11.3 Å². The zero-order valence-electron chi connectivity index (χ0n) is 16.5. The standard InChI is InChI=1S/C22H28N2O4/c1-27-20-9-8-17(14-21(20)28-2)15-23-11-10-22(26)24(13-12-23)19(16-25)18-6-4-3-5-7-18/h3-9,14,19,25H,10-13,15-16H2,1-2H3/t19-/m1/s1. The molecule has 2 aromatic carbocycles. The Hall–Kier alpha value is -2.57. The summed E-state index contributed by atoms with van der Waals surface area (Å²) in [6.45, 7) is 2.69. The molecule has 0 radical (unpaired) electrons. The minimum Gasteiger partial charge on any atom is -0.493 e. The fourth-order valence-electron chi connectivity index (χ4n) is 3.67. The average molecular weight is 384 g/mol. The smallest absolute Gasteiger partial charge is 0.224 e. The zero-order valence-corrected chi connectivity index (χ0v) is 16.5. The molecule has 6 heteroatoms. The normalized spacial score (nSPS) is 16.5. The van der Waals surface area contributed by atoms with Crippen LogP contribution in [0.5, 0.6) is 11.5 Å². The molecule has 0 saturated carbocycles. The molecule has 3 rings (SSSR count). The van der Waals surface area contributed by atoms with Crippen LogP contribution in [0.25, 0.3) is 0 Å². The third-order valence-corrected chi connectivity index (χ3v) is 5.21. The molecule has 1 aliphatic rings. The molecule has 0 spiro atoms. The molecule has 1 fully saturated rings. The highest BCUT2D eigenvalue weighted by Crippen LogP contribution is 2.28. The summed E-state index contributed by atoms with van der Waals surface area (Å²) in [5.41, 5.74) is 2.08. The molecular formula is C22H28N2O4. The van der Waals surface area contributed by atoms with E-state index in [1.54, 1.807) is 14.2 Å². The molecule has 0 bridgehead atoms. The Kier molecular flexibility index (Phi) is 6.90. The Morgan fingerprint density at radius 3 is 2.43 bits per heavy atom. The minimum absolute atomic E-state index is 0.0779. The summed E-state index contributed by atoms with van der Waals surface area (Å²) in [5, 5.41) is 9.92. The molecule has 6 nitrogen and oxygen atoms in total. The van der Waals surface area contributed by atoms with Gasteiger partial charge in [-0.2, -0.15) is 0 Å². The highest BCUT2D eigenvalue weighted by molar-refractivity contribution is 5.77. The molecule has 1 saturated heterocycles. The van der Waals surface area contributed by atoms with E-state index in [1.165, 1.54) is 0 Å². The van der Waals surface area contributed by atoms with Gasteiger partial charge in [-0.1, -0.05) is 36.4 Å². The van der Waals surface area contributed by atoms with Crippen LogP contribution in [0.15, 0.2) is 48.5 Å². The fourth-order valence-corrected chi connectivity index (χ4v) is 3.67. The maximum atomic E-state index is 12.7. The van der Waals surface area contributed by atoms with Crippen molar-refractivity contribution < 1.29 is 19.4 Å². The first-order valence-corrected chi connectivity index (χ1v) is 9.54. The SMILES string of the molecule is COc1ccc(CN2CCC(=O)N([C@H](CO)c3ccccc3)CC2)cc1OC. The summed E-state index contributed by atoms with van der Waals surface area (Å²) in [6.07, 6.45) is 0.441. The van der Waals surface area contributed by atoms with Gasteiger partial charge in [-0.15, -0.1) is 0 Å². The summed E-state index contributed by atoms with van der Waals surface area (Å²) in [5.74, 6) is 1.49. The first-order valence-electron chi connectivity index (χ1n) is 9.54. The molecular weight excluding hydrogens is 356 g/mol. The maximum Gasteiger partial charge on any atom is 0.224 e. The van der Waals surface area contributed by atoms with Gasteiger partial charge in [0.25, 0.3) is 0 Å². The van der Waals surface area contributed by atoms with Crippen LogP contribution in [0.1, 0.15) is 23.6 Å². The lowest BCUT2D eigenvalue weighted by atomic mass is 10.1. The van der Waals surface area contributed by atoms with Gasteiger partial charge in [0.1, 0.15) is 0 Å². The minimum atomic E-state index is -0.297. The molecule has 0 aromatic heterocycles. The van der Waals surface area contributed by atoms with Crippen LogP contribution >= 0.6 is 0 Å². The molecule has 1 heterocycles. The lowest BCUT2D eigenvalue weighted by molar-refractivity contribution is -0.133. The van der Waals surface area contributed by atoms with Crippen molar-refractivity contribution in [2.45, 2.75) is 19.0 Å². The van der Waals surface area contributed by atoms with Gasteiger partial charge in [0.05, 0.1) is 26.9 Å². The first-order chi connectivity index (χ1) is 13.7. The number of hydrogen-bond acceptors (Lipinski definition) is 5. The topological polar surface area (TPSA) is 62.2 Å². The molecule has 0 aliphatic carbocycles. The number of methoxy groups -OCH3 is 2. The van der Waals surface area contributed by atoms with Gasteiger partial charge in [0, 0.05) is 32.6 Å². The van der Waals surface area contributed by atoms with Crippen LogP contribution in [0.4, 0.5) is 0 Å². The lowest BCUT2D eigenvalue weighted by Gasteiger charge is -2.30. The van der Waals surface area contributed by atoms with E-state index in [2.05, 4.69) is 4.90 Å². The van der Waals surface area contributed by atoms with Gasteiger partial charge in [0.15, 0.2) is 11.5 Å². The molecule has 2 aromatic rings. The number of rotatable bonds is 7. The molecule has 1 atom stereocenters. The number of amides is 1. The lowest BCUT2D eigenvalue weighted by Crippen LogP contribution is -2.38. The van der Waals surface area contributed by atoms with Crippen molar-refractivity contribution in [3.8, 4) is 11.5 Å². The van der Waals surface area contributed by atoms with Crippen molar-refractivity contribution in [2.24, 2.45) is 0 Å². The van der Waals surface area contributed by atoms with E-state index in [4.69, 9.17) is 9.47 Å². The second kappa shape index (κ2) is 9.57. The summed E-state index contributed by atoms with van der Waals surface area (Å²) >= 11 is 0. The predicted octanol–water partition coefficient (Wildman–Crippen LogP) is 2.47. The zero-order chi connectivity index (χ0) is 19.9. The predicted molar refractivity (Wildman–Crippen MR) is 107 cm³/mol. The number of carbonyl (C=O) groups excluding carboxylic acids is 1. The maximum absolute atomic E-state index is 12.7. The molecule has 1 amide bonds. The van der Waals surface area contributed by atoms with E-state index in [9.17, 15) is 9.90 Å². The number of carbonyl (C=O) groups is 1. The van der Waals surface area contributed by atoms with E-state index < -0.39 is 0 Å². The fraction of sp³-hybridized carbons (Fsp3) is 0.409. The van der Waals surface area contributed by atoms with Gasteiger partial charge in [-0.25, -0.2) is 0 Å². The molecule has 28 heavy (non-hydrogen) atoms. The summed E-state index contributed by atoms with van der Waals surface area (Å²) in [6, 6.07) is 15.3. The average Bonchev–Trinajstić information content (AvgIpc) is 2.91. The van der Waals surface area contributed by atoms with Crippen molar-refractivity contribution in [3.05, 3.63) is 59.7 Å². The Labute approximate surface area is 166 Å². The molecule has 1 aliphatic heterocycles. The van der Waals surface area contributed by atoms with Crippen LogP contribution in [0.3, 0.4) is 0 Å². The molecule has 0 unspecified atom stereocenters. The summed E-state index contributed by atoms with van der Waals surface area (Å²) < 4.78 is 10.7. The number of aliphatic hydroxyl groups is 1. The van der Waals surface area contributed by atoms with E-state index in [0.717, 1.165) is 24.2 Å². The Morgan fingerprint density at radius 2 is 1.75 bits per heavy atom. The van der Waals surface area contributed by atoms with Gasteiger partial charge < -0.3 is 19.5 Å². The van der Waals surface area contributed by atoms with Crippen molar-refractivity contribution in [1.29, 1.82) is 0 Å². The quantitative estimate of drug-likeness (QED) is 0.795. The largest absolute Gasteiger partial charge is 0.493 e. The van der Waals surface area contributed by atoms with Crippen LogP contribution in [-0.4, -0.2) is 61.3 Å². The van der Waals surface area contributed by atoms with Crippen molar-refractivity contribution in [1.82, 2.24) is 9.80 Å². The van der Waals surface area contributed by atoms with E-state index in [0.29, 0.717) is 31.0 Å². The second-order valence-corrected chi connectivity index (χ2v) is 6.91. The van der Waals surface area contributed by atoms with E-state index in [1.807, 2.05) is 53.4 Å². The number of aliphatic hydroxyl groups excluding tert-OH is 1. The Morgan fingerprint density at radius 1 is 1.00 bits per heavy atom. The highest BCUT2D eigenvalue weighted by atomic mass is 16.5. The van der Waals surface area contributed by atoms with Crippen LogP contribution in [0.2, 0.25) is 0 Å². The Balaban J connectivity index is 1.69. The first kappa shape index (κ1) is 20.2. The van der Waals surface area contributed by atoms with Crippen LogP contribution in [0, 0.1) is 0 Å². The number of hydrogen-bond donors (Lipinski definition) is 1. The summed E-state index contributed by atoms with van der Waals surface area (Å²) in [4.78, 5) is 16.8. The van der Waals surface area contributed by atoms with Gasteiger partial charge >= 0.3 is 0 Å². The van der Waals surface area contributed by atoms with Gasteiger partial charge in [-0.3, -0.25) is 9.69 Å². The third kappa shape index (κ3) is 4.64. The van der Waals surface area contributed by atoms with Gasteiger partial charge in [0.2, 0.25) is 5.91 Å². The van der Waals surface area contributed by atoms with Crippen molar-refractivity contribution >= 4 is 5.91 Å². The molecule has 150 valence electrons. The number of nitrogens with zero attached hydrogens (tertiary/aromatic N) is 2. The van der Waals surface area contributed by atoms with Crippen molar-refractivity contribution in [3.63, 3.8) is 0 Å². The second-order valence-electron chi connectivity index (χ2n) is 6.91. The number of benzene rings is 2. The third-order valence-electron chi connectivity index (χ3n) is 5.21. The Bertz CT molecular complexity index is 781. The summed E-state index contributed by atoms with van der Waals surface area (Å²) in [7, 11) is 3.25. The van der Waals surface area contributed by atoms with E-state index in [-0.39, 0.29) is 18.6 Å². The van der Waals surface area contributed by atoms with Gasteiger partial charge in [-0.05, 0) is 23.3 Å². The molecule has 1 N–H and O–H groups in total. The highest BCUT2D eigenvalue weighted by Gasteiger charge is 2.28.